The van der Waals surface area contributed by atoms with Gasteiger partial charge in [0.25, 0.3) is 0 Å². The summed E-state index contributed by atoms with van der Waals surface area (Å²) in [6.45, 7) is 0. The Morgan fingerprint density at radius 3 is 1.71 bits per heavy atom. The summed E-state index contributed by atoms with van der Waals surface area (Å²) >= 11 is 1.88. The molecule has 238 valence electrons. The van der Waals surface area contributed by atoms with E-state index in [0.29, 0.717) is 0 Å². The molecule has 0 unspecified atom stereocenters. The van der Waals surface area contributed by atoms with Crippen LogP contribution in [0.1, 0.15) is 0 Å². The second-order valence-corrected chi connectivity index (χ2v) is 14.4. The van der Waals surface area contributed by atoms with Gasteiger partial charge in [-0.3, -0.25) is 0 Å². The largest absolute Gasteiger partial charge is 0.453 e. The maximum absolute atomic E-state index is 6.28. The first-order chi connectivity index (χ1) is 25.2. The standard InChI is InChI=1S/C48H29NOS/c1-2-12-37-35(10-1)36-11-3-4-13-38(36)42-27-29(20-22-39(37)42)31-24-32(30-21-23-46-44(28-30)49-43-17-6-7-18-45(43)50-46)26-33(25-31)34-15-9-16-41-40-14-5-8-19-47(40)51-48(34)41/h1-28,49H. The molecule has 10 aromatic rings. The van der Waals surface area contributed by atoms with Crippen molar-refractivity contribution >= 4 is 75.2 Å². The molecule has 0 amide bonds. The highest BCUT2D eigenvalue weighted by Gasteiger charge is 2.19. The summed E-state index contributed by atoms with van der Waals surface area (Å²) in [5.41, 5.74) is 9.08. The predicted octanol–water partition coefficient (Wildman–Crippen LogP) is 14.4. The molecule has 0 fully saturated rings. The number of benzene rings is 9. The van der Waals surface area contributed by atoms with Gasteiger partial charge in [-0.1, -0.05) is 115 Å². The number of rotatable bonds is 3. The van der Waals surface area contributed by atoms with Gasteiger partial charge in [0, 0.05) is 20.2 Å². The van der Waals surface area contributed by atoms with E-state index in [1.165, 1.54) is 74.7 Å². The van der Waals surface area contributed by atoms with Crippen molar-refractivity contribution in [3.8, 4) is 44.9 Å². The monoisotopic (exact) mass is 667 g/mol. The minimum absolute atomic E-state index is 0.831. The van der Waals surface area contributed by atoms with E-state index in [4.69, 9.17) is 4.74 Å². The average molecular weight is 668 g/mol. The molecule has 2 nitrogen and oxygen atoms in total. The van der Waals surface area contributed by atoms with Gasteiger partial charge in [-0.25, -0.2) is 0 Å². The van der Waals surface area contributed by atoms with Crippen LogP contribution in [-0.4, -0.2) is 0 Å². The number of nitrogens with one attached hydrogen (secondary N) is 1. The molecule has 0 spiro atoms. The summed E-state index contributed by atoms with van der Waals surface area (Å²) in [5, 5.41) is 13.9. The summed E-state index contributed by atoms with van der Waals surface area (Å²) in [5.74, 6) is 1.67. The zero-order chi connectivity index (χ0) is 33.5. The molecule has 0 bridgehead atoms. The fourth-order valence-electron chi connectivity index (χ4n) is 8.00. The van der Waals surface area contributed by atoms with Gasteiger partial charge < -0.3 is 10.1 Å². The third-order valence-electron chi connectivity index (χ3n) is 10.4. The summed E-state index contributed by atoms with van der Waals surface area (Å²) < 4.78 is 8.90. The van der Waals surface area contributed by atoms with Crippen LogP contribution in [0.4, 0.5) is 11.4 Å². The van der Waals surface area contributed by atoms with Crippen molar-refractivity contribution in [2.45, 2.75) is 0 Å². The molecule has 0 atom stereocenters. The minimum Gasteiger partial charge on any atom is -0.453 e. The third kappa shape index (κ3) is 4.49. The van der Waals surface area contributed by atoms with Gasteiger partial charge >= 0.3 is 0 Å². The highest BCUT2D eigenvalue weighted by atomic mass is 32.1. The van der Waals surface area contributed by atoms with Crippen LogP contribution >= 0.6 is 11.3 Å². The summed E-state index contributed by atoms with van der Waals surface area (Å²) in [4.78, 5) is 0. The Morgan fingerprint density at radius 2 is 0.922 bits per heavy atom. The maximum atomic E-state index is 6.28. The van der Waals surface area contributed by atoms with Crippen LogP contribution in [0.5, 0.6) is 11.5 Å². The van der Waals surface area contributed by atoms with Gasteiger partial charge in [0.15, 0.2) is 11.5 Å². The molecule has 9 aromatic carbocycles. The third-order valence-corrected chi connectivity index (χ3v) is 11.6. The van der Waals surface area contributed by atoms with Crippen LogP contribution in [0.2, 0.25) is 0 Å². The van der Waals surface area contributed by atoms with Crippen LogP contribution < -0.4 is 10.1 Å². The van der Waals surface area contributed by atoms with E-state index in [9.17, 15) is 0 Å². The molecule has 0 saturated carbocycles. The molecule has 51 heavy (non-hydrogen) atoms. The van der Waals surface area contributed by atoms with Crippen LogP contribution in [0.25, 0.3) is 85.9 Å². The Labute approximate surface area is 298 Å². The Balaban J connectivity index is 1.14. The summed E-state index contributed by atoms with van der Waals surface area (Å²) in [6, 6.07) is 61.7. The van der Waals surface area contributed by atoms with Crippen molar-refractivity contribution in [3.63, 3.8) is 0 Å². The van der Waals surface area contributed by atoms with Gasteiger partial charge in [-0.2, -0.15) is 0 Å². The van der Waals surface area contributed by atoms with E-state index in [1.54, 1.807) is 0 Å². The van der Waals surface area contributed by atoms with Crippen LogP contribution in [0.3, 0.4) is 0 Å². The number of thiophene rings is 1. The number of fused-ring (bicyclic) bond motifs is 11. The predicted molar refractivity (Wildman–Crippen MR) is 218 cm³/mol. The lowest BCUT2D eigenvalue weighted by Gasteiger charge is -2.22. The lowest BCUT2D eigenvalue weighted by atomic mass is 9.89. The summed E-state index contributed by atoms with van der Waals surface area (Å²) in [7, 11) is 0. The highest BCUT2D eigenvalue weighted by molar-refractivity contribution is 7.26. The van der Waals surface area contributed by atoms with Crippen LogP contribution in [0, 0.1) is 0 Å². The van der Waals surface area contributed by atoms with Crippen molar-refractivity contribution in [1.82, 2.24) is 0 Å². The molecule has 0 radical (unpaired) electrons. The second-order valence-electron chi connectivity index (χ2n) is 13.4. The van der Waals surface area contributed by atoms with Gasteiger partial charge in [-0.15, -0.1) is 11.3 Å². The van der Waals surface area contributed by atoms with E-state index in [1.807, 2.05) is 29.5 Å². The SMILES string of the molecule is c1ccc2c(c1)Nc1cc(-c3cc(-c4ccc5c6ccccc6c6ccccc6c5c4)cc(-c4cccc5c4sc4ccccc45)c3)ccc1O2. The Hall–Kier alpha value is -6.42. The number of hydrogen-bond acceptors (Lipinski definition) is 3. The number of para-hydroxylation sites is 2. The van der Waals surface area contributed by atoms with Crippen molar-refractivity contribution in [1.29, 1.82) is 0 Å². The molecular weight excluding hydrogens is 639 g/mol. The molecular formula is C48H29NOS. The van der Waals surface area contributed by atoms with Gasteiger partial charge in [0.2, 0.25) is 0 Å². The smallest absolute Gasteiger partial charge is 0.151 e. The molecule has 11 rings (SSSR count). The van der Waals surface area contributed by atoms with E-state index in [2.05, 4.69) is 157 Å². The van der Waals surface area contributed by atoms with Crippen molar-refractivity contribution in [3.05, 3.63) is 170 Å². The number of ether oxygens (including phenoxy) is 1. The van der Waals surface area contributed by atoms with E-state index in [0.717, 1.165) is 34.0 Å². The molecule has 1 aliphatic heterocycles. The topological polar surface area (TPSA) is 21.3 Å². The maximum Gasteiger partial charge on any atom is 0.151 e. The summed E-state index contributed by atoms with van der Waals surface area (Å²) in [6.07, 6.45) is 0. The lowest BCUT2D eigenvalue weighted by molar-refractivity contribution is 0.481. The van der Waals surface area contributed by atoms with Crippen molar-refractivity contribution in [2.24, 2.45) is 0 Å². The second kappa shape index (κ2) is 11.0. The molecule has 1 N–H and O–H groups in total. The quantitative estimate of drug-likeness (QED) is 0.189. The molecule has 1 aliphatic rings. The van der Waals surface area contributed by atoms with E-state index < -0.39 is 0 Å². The molecule has 3 heteroatoms. The van der Waals surface area contributed by atoms with Gasteiger partial charge in [0.05, 0.1) is 11.4 Å². The number of anilines is 2. The molecule has 0 saturated heterocycles. The normalized spacial score (nSPS) is 12.2. The van der Waals surface area contributed by atoms with Crippen LogP contribution in [-0.2, 0) is 0 Å². The van der Waals surface area contributed by atoms with Crippen LogP contribution in [0.15, 0.2) is 170 Å². The Kier molecular flexibility index (Phi) is 6.16. The lowest BCUT2D eigenvalue weighted by Crippen LogP contribution is -2.02. The van der Waals surface area contributed by atoms with Gasteiger partial charge in [-0.05, 0) is 120 Å². The fraction of sp³-hybridized carbons (Fsp3) is 0. The zero-order valence-electron chi connectivity index (χ0n) is 27.5. The Morgan fingerprint density at radius 1 is 0.353 bits per heavy atom. The molecule has 2 heterocycles. The first-order valence-electron chi connectivity index (χ1n) is 17.3. The highest BCUT2D eigenvalue weighted by Crippen LogP contribution is 2.46. The minimum atomic E-state index is 0.831. The van der Waals surface area contributed by atoms with Crippen molar-refractivity contribution in [2.75, 3.05) is 5.32 Å². The Bertz CT molecular complexity index is 3010. The first kappa shape index (κ1) is 28.4. The van der Waals surface area contributed by atoms with Crippen molar-refractivity contribution < 1.29 is 4.74 Å². The average Bonchev–Trinajstić information content (AvgIpc) is 3.59. The van der Waals surface area contributed by atoms with E-state index >= 15 is 0 Å². The van der Waals surface area contributed by atoms with Gasteiger partial charge in [0.1, 0.15) is 0 Å². The fourth-order valence-corrected chi connectivity index (χ4v) is 9.24. The number of hydrogen-bond donors (Lipinski definition) is 1. The zero-order valence-corrected chi connectivity index (χ0v) is 28.3. The molecule has 0 aliphatic carbocycles. The first-order valence-corrected chi connectivity index (χ1v) is 18.1. The van der Waals surface area contributed by atoms with E-state index in [-0.39, 0.29) is 0 Å². The molecule has 1 aromatic heterocycles.